The summed E-state index contributed by atoms with van der Waals surface area (Å²) in [5.41, 5.74) is 0.803. The molecule has 0 aliphatic carbocycles. The molecule has 1 heterocycles. The Hall–Kier alpha value is -0.920. The zero-order chi connectivity index (χ0) is 14.8. The molecule has 0 aromatic carbocycles. The van der Waals surface area contributed by atoms with Gasteiger partial charge in [-0.3, -0.25) is 4.79 Å². The summed E-state index contributed by atoms with van der Waals surface area (Å²) in [5.74, 6) is 0.0785. The molecule has 0 bridgehead atoms. The molecule has 1 amide bonds. The van der Waals surface area contributed by atoms with Crippen molar-refractivity contribution < 1.29 is 13.2 Å². The quantitative estimate of drug-likeness (QED) is 0.870. The second kappa shape index (κ2) is 6.02. The maximum atomic E-state index is 12.1. The highest BCUT2D eigenvalue weighted by atomic mass is 32.2. The molecule has 0 aliphatic rings. The van der Waals surface area contributed by atoms with Crippen LogP contribution in [0.1, 0.15) is 43.1 Å². The minimum absolute atomic E-state index is 0.0512. The SMILES string of the molecule is CCC(NC(=O)c1csc(S(N)(=O)=O)c1C)C(C)C. The second-order valence-corrected chi connectivity index (χ2v) is 7.48. The Labute approximate surface area is 118 Å². The Bertz CT molecular complexity index is 562. The first-order valence-corrected chi connectivity index (χ1v) is 8.52. The first kappa shape index (κ1) is 16.1. The number of amides is 1. The van der Waals surface area contributed by atoms with Gasteiger partial charge in [-0.15, -0.1) is 11.3 Å². The summed E-state index contributed by atoms with van der Waals surface area (Å²) in [6.07, 6.45) is 0.828. The van der Waals surface area contributed by atoms with E-state index in [1.807, 2.05) is 20.8 Å². The first-order valence-electron chi connectivity index (χ1n) is 6.10. The van der Waals surface area contributed by atoms with Crippen LogP contribution in [0.4, 0.5) is 0 Å². The lowest BCUT2D eigenvalue weighted by Gasteiger charge is -2.20. The van der Waals surface area contributed by atoms with E-state index in [1.165, 1.54) is 5.38 Å². The van der Waals surface area contributed by atoms with Crippen molar-refractivity contribution in [3.05, 3.63) is 16.5 Å². The maximum absolute atomic E-state index is 12.1. The number of nitrogens with one attached hydrogen (secondary N) is 1. The van der Waals surface area contributed by atoms with Crippen molar-refractivity contribution in [1.29, 1.82) is 0 Å². The van der Waals surface area contributed by atoms with E-state index in [0.29, 0.717) is 17.0 Å². The molecule has 0 radical (unpaired) electrons. The summed E-state index contributed by atoms with van der Waals surface area (Å²) in [6.45, 7) is 7.66. The lowest BCUT2D eigenvalue weighted by Crippen LogP contribution is -2.38. The van der Waals surface area contributed by atoms with Crippen LogP contribution < -0.4 is 10.5 Å². The molecule has 1 aromatic rings. The number of primary sulfonamides is 1. The molecular weight excluding hydrogens is 284 g/mol. The van der Waals surface area contributed by atoms with Crippen LogP contribution in [-0.2, 0) is 10.0 Å². The average Bonchev–Trinajstić information content (AvgIpc) is 2.66. The summed E-state index contributed by atoms with van der Waals surface area (Å²) in [4.78, 5) is 12.1. The highest BCUT2D eigenvalue weighted by Crippen LogP contribution is 2.25. The number of hydrogen-bond donors (Lipinski definition) is 2. The largest absolute Gasteiger partial charge is 0.349 e. The van der Waals surface area contributed by atoms with E-state index in [1.54, 1.807) is 6.92 Å². The third-order valence-electron chi connectivity index (χ3n) is 3.06. The van der Waals surface area contributed by atoms with Crippen LogP contribution in [0.15, 0.2) is 9.59 Å². The second-order valence-electron chi connectivity index (χ2n) is 4.84. The molecule has 0 aliphatic heterocycles. The molecule has 0 saturated heterocycles. The van der Waals surface area contributed by atoms with Crippen LogP contribution in [0.2, 0.25) is 0 Å². The molecule has 3 N–H and O–H groups in total. The van der Waals surface area contributed by atoms with E-state index in [2.05, 4.69) is 5.32 Å². The van der Waals surface area contributed by atoms with Gasteiger partial charge in [0.05, 0.1) is 5.56 Å². The smallest absolute Gasteiger partial charge is 0.252 e. The van der Waals surface area contributed by atoms with Crippen molar-refractivity contribution >= 4 is 27.3 Å². The summed E-state index contributed by atoms with van der Waals surface area (Å²) in [6, 6.07) is 0.0738. The van der Waals surface area contributed by atoms with Gasteiger partial charge in [0.1, 0.15) is 4.21 Å². The molecule has 5 nitrogen and oxygen atoms in total. The van der Waals surface area contributed by atoms with Gasteiger partial charge in [-0.1, -0.05) is 20.8 Å². The van der Waals surface area contributed by atoms with Crippen molar-refractivity contribution in [2.75, 3.05) is 0 Å². The van der Waals surface area contributed by atoms with Gasteiger partial charge < -0.3 is 5.32 Å². The monoisotopic (exact) mass is 304 g/mol. The predicted octanol–water partition coefficient (Wildman–Crippen LogP) is 1.87. The Kier molecular flexibility index (Phi) is 5.11. The van der Waals surface area contributed by atoms with E-state index < -0.39 is 10.0 Å². The fourth-order valence-electron chi connectivity index (χ4n) is 1.89. The molecule has 0 saturated carbocycles. The van der Waals surface area contributed by atoms with Crippen molar-refractivity contribution in [2.24, 2.45) is 11.1 Å². The van der Waals surface area contributed by atoms with Crippen LogP contribution in [0.25, 0.3) is 0 Å². The molecule has 0 fully saturated rings. The van der Waals surface area contributed by atoms with Gasteiger partial charge in [-0.25, -0.2) is 13.6 Å². The molecule has 7 heteroatoms. The molecule has 1 unspecified atom stereocenters. The van der Waals surface area contributed by atoms with E-state index in [-0.39, 0.29) is 16.2 Å². The highest BCUT2D eigenvalue weighted by Gasteiger charge is 2.22. The number of nitrogens with two attached hydrogens (primary N) is 1. The van der Waals surface area contributed by atoms with E-state index >= 15 is 0 Å². The van der Waals surface area contributed by atoms with Crippen LogP contribution in [0, 0.1) is 12.8 Å². The zero-order valence-corrected chi connectivity index (χ0v) is 13.2. The Morgan fingerprint density at radius 3 is 2.42 bits per heavy atom. The molecule has 1 rings (SSSR count). The Morgan fingerprint density at radius 1 is 1.47 bits per heavy atom. The molecule has 108 valence electrons. The number of rotatable bonds is 5. The lowest BCUT2D eigenvalue weighted by molar-refractivity contribution is 0.0924. The van der Waals surface area contributed by atoms with Gasteiger partial charge in [0.15, 0.2) is 0 Å². The number of carbonyl (C=O) groups excluding carboxylic acids is 1. The molecular formula is C12H20N2O3S2. The Morgan fingerprint density at radius 2 is 2.05 bits per heavy atom. The molecule has 1 aromatic heterocycles. The maximum Gasteiger partial charge on any atom is 0.252 e. The number of carbonyl (C=O) groups is 1. The highest BCUT2D eigenvalue weighted by molar-refractivity contribution is 7.91. The van der Waals surface area contributed by atoms with Gasteiger partial charge in [-0.2, -0.15) is 0 Å². The zero-order valence-electron chi connectivity index (χ0n) is 11.6. The van der Waals surface area contributed by atoms with Crippen molar-refractivity contribution in [1.82, 2.24) is 5.32 Å². The third kappa shape index (κ3) is 3.77. The topological polar surface area (TPSA) is 89.3 Å². The van der Waals surface area contributed by atoms with Gasteiger partial charge >= 0.3 is 0 Å². The Balaban J connectivity index is 2.99. The minimum atomic E-state index is -3.76. The van der Waals surface area contributed by atoms with Crippen LogP contribution >= 0.6 is 11.3 Å². The minimum Gasteiger partial charge on any atom is -0.349 e. The van der Waals surface area contributed by atoms with Crippen LogP contribution in [0.3, 0.4) is 0 Å². The lowest BCUT2D eigenvalue weighted by atomic mass is 10.0. The predicted molar refractivity (Wildman–Crippen MR) is 76.8 cm³/mol. The van der Waals surface area contributed by atoms with Gasteiger partial charge in [0.2, 0.25) is 10.0 Å². The van der Waals surface area contributed by atoms with E-state index in [9.17, 15) is 13.2 Å². The van der Waals surface area contributed by atoms with Gasteiger partial charge in [0.25, 0.3) is 5.91 Å². The third-order valence-corrected chi connectivity index (χ3v) is 5.74. The van der Waals surface area contributed by atoms with Crippen LogP contribution in [-0.4, -0.2) is 20.4 Å². The molecule has 19 heavy (non-hydrogen) atoms. The average molecular weight is 304 g/mol. The number of thiophene rings is 1. The van der Waals surface area contributed by atoms with Crippen LogP contribution in [0.5, 0.6) is 0 Å². The summed E-state index contributed by atoms with van der Waals surface area (Å²) in [7, 11) is -3.76. The number of sulfonamides is 1. The fourth-order valence-corrected chi connectivity index (χ4v) is 3.90. The fraction of sp³-hybridized carbons (Fsp3) is 0.583. The van der Waals surface area contributed by atoms with Crippen molar-refractivity contribution in [2.45, 2.75) is 44.4 Å². The van der Waals surface area contributed by atoms with Gasteiger partial charge in [-0.05, 0) is 24.8 Å². The summed E-state index contributed by atoms with van der Waals surface area (Å²) < 4.78 is 22.7. The first-order chi connectivity index (χ1) is 8.68. The van der Waals surface area contributed by atoms with Gasteiger partial charge in [0, 0.05) is 11.4 Å². The van der Waals surface area contributed by atoms with E-state index in [0.717, 1.165) is 17.8 Å². The standard InChI is InChI=1S/C12H20N2O3S2/c1-5-10(7(2)3)14-11(15)9-6-18-12(8(9)4)19(13,16)17/h6-7,10H,5H2,1-4H3,(H,14,15)(H2,13,16,17). The summed E-state index contributed by atoms with van der Waals surface area (Å²) in [5, 5.41) is 9.56. The van der Waals surface area contributed by atoms with E-state index in [4.69, 9.17) is 5.14 Å². The molecule has 1 atom stereocenters. The number of hydrogen-bond acceptors (Lipinski definition) is 4. The normalized spacial score (nSPS) is 13.6. The summed E-state index contributed by atoms with van der Waals surface area (Å²) >= 11 is 0.981. The molecule has 0 spiro atoms. The van der Waals surface area contributed by atoms with Crippen molar-refractivity contribution in [3.8, 4) is 0 Å². The van der Waals surface area contributed by atoms with Crippen molar-refractivity contribution in [3.63, 3.8) is 0 Å².